The highest BCUT2D eigenvalue weighted by Gasteiger charge is 2.18. The molecule has 0 radical (unpaired) electrons. The van der Waals surface area contributed by atoms with Crippen molar-refractivity contribution < 1.29 is 33.7 Å². The van der Waals surface area contributed by atoms with Gasteiger partial charge in [-0.05, 0) is 24.3 Å². The maximum atomic E-state index is 12.7. The lowest BCUT2D eigenvalue weighted by Gasteiger charge is -2.09. The first-order valence-electron chi connectivity index (χ1n) is 10.4. The number of para-hydroxylation sites is 1. The van der Waals surface area contributed by atoms with E-state index < -0.39 is 35.9 Å². The van der Waals surface area contributed by atoms with Gasteiger partial charge in [0.25, 0.3) is 5.91 Å². The first-order valence-corrected chi connectivity index (χ1v) is 10.8. The Balaban J connectivity index is 2.04. The lowest BCUT2D eigenvalue weighted by Crippen LogP contribution is -2.18. The van der Waals surface area contributed by atoms with Crippen LogP contribution in [0.4, 0.5) is 11.4 Å². The Hall–Kier alpha value is -4.18. The molecule has 2 aromatic carbocycles. The highest BCUT2D eigenvalue weighted by molar-refractivity contribution is 6.32. The minimum atomic E-state index is -0.790. The highest BCUT2D eigenvalue weighted by atomic mass is 35.5. The standard InChI is InChI=1S/C24H24ClN3O7/c1-2-33-14-15-34-21(30)12-13-22(31)35-16-20(29)23(24(32)26-17-8-4-3-5-9-17)28-27-19-11-7-6-10-18(19)25/h2-11,29H,1,12-16H2,(H,26,32)/b23-20+,28-27?. The van der Waals surface area contributed by atoms with Crippen LogP contribution >= 0.6 is 11.6 Å². The van der Waals surface area contributed by atoms with Gasteiger partial charge < -0.3 is 24.6 Å². The monoisotopic (exact) mass is 501 g/mol. The van der Waals surface area contributed by atoms with Gasteiger partial charge in [-0.25, -0.2) is 0 Å². The zero-order valence-electron chi connectivity index (χ0n) is 18.7. The minimum Gasteiger partial charge on any atom is -0.506 e. The van der Waals surface area contributed by atoms with Crippen LogP contribution in [0, 0.1) is 0 Å². The zero-order valence-corrected chi connectivity index (χ0v) is 19.4. The van der Waals surface area contributed by atoms with Gasteiger partial charge in [-0.2, -0.15) is 0 Å². The summed E-state index contributed by atoms with van der Waals surface area (Å²) in [6, 6.07) is 15.0. The number of nitrogens with one attached hydrogen (secondary N) is 1. The summed E-state index contributed by atoms with van der Waals surface area (Å²) in [5.41, 5.74) is 0.230. The fourth-order valence-corrected chi connectivity index (χ4v) is 2.61. The molecule has 0 heterocycles. The zero-order chi connectivity index (χ0) is 25.5. The van der Waals surface area contributed by atoms with E-state index in [2.05, 4.69) is 22.1 Å². The molecule has 0 unspecified atom stereocenters. The van der Waals surface area contributed by atoms with Gasteiger partial charge in [-0.1, -0.05) is 48.5 Å². The van der Waals surface area contributed by atoms with E-state index >= 15 is 0 Å². The van der Waals surface area contributed by atoms with E-state index in [9.17, 15) is 19.5 Å². The fraction of sp³-hybridized carbons (Fsp3) is 0.208. The number of nitrogens with zero attached hydrogens (tertiary/aromatic N) is 2. The smallest absolute Gasteiger partial charge is 0.306 e. The second kappa shape index (κ2) is 14.9. The van der Waals surface area contributed by atoms with Gasteiger partial charge in [0, 0.05) is 5.69 Å². The average Bonchev–Trinajstić information content (AvgIpc) is 2.86. The summed E-state index contributed by atoms with van der Waals surface area (Å²) in [7, 11) is 0. The number of esters is 2. The number of carbonyl (C=O) groups is 3. The summed E-state index contributed by atoms with van der Waals surface area (Å²) >= 11 is 6.06. The molecule has 0 saturated carbocycles. The number of hydrogen-bond donors (Lipinski definition) is 2. The number of ether oxygens (including phenoxy) is 3. The summed E-state index contributed by atoms with van der Waals surface area (Å²) in [5.74, 6) is -2.84. The molecular formula is C24H24ClN3O7. The molecule has 0 aliphatic rings. The van der Waals surface area contributed by atoms with E-state index in [1.807, 2.05) is 0 Å². The second-order valence-corrected chi connectivity index (χ2v) is 7.09. The molecule has 1 amide bonds. The third-order valence-electron chi connectivity index (χ3n) is 4.12. The third kappa shape index (κ3) is 10.1. The van der Waals surface area contributed by atoms with Crippen LogP contribution in [-0.4, -0.2) is 42.8 Å². The van der Waals surface area contributed by atoms with Gasteiger partial charge in [0.15, 0.2) is 18.1 Å². The van der Waals surface area contributed by atoms with Crippen LogP contribution in [0.1, 0.15) is 12.8 Å². The summed E-state index contributed by atoms with van der Waals surface area (Å²) in [5, 5.41) is 21.0. The number of benzene rings is 2. The van der Waals surface area contributed by atoms with Crippen LogP contribution in [-0.2, 0) is 28.6 Å². The van der Waals surface area contributed by atoms with Crippen molar-refractivity contribution in [1.82, 2.24) is 0 Å². The molecule has 0 aliphatic heterocycles. The molecule has 0 spiro atoms. The molecule has 0 aliphatic carbocycles. The van der Waals surface area contributed by atoms with E-state index in [1.165, 1.54) is 6.26 Å². The van der Waals surface area contributed by atoms with Gasteiger partial charge in [0.05, 0.1) is 24.1 Å². The van der Waals surface area contributed by atoms with Crippen LogP contribution in [0.3, 0.4) is 0 Å². The van der Waals surface area contributed by atoms with Crippen molar-refractivity contribution in [3.05, 3.63) is 83.9 Å². The number of hydrogen-bond acceptors (Lipinski definition) is 9. The molecule has 0 aromatic heterocycles. The Kier molecular flexibility index (Phi) is 11.5. The van der Waals surface area contributed by atoms with E-state index in [4.69, 9.17) is 25.8 Å². The number of azo groups is 1. The molecule has 2 N–H and O–H groups in total. The summed E-state index contributed by atoms with van der Waals surface area (Å²) in [6.45, 7) is 2.85. The Morgan fingerprint density at radius 2 is 1.63 bits per heavy atom. The van der Waals surface area contributed by atoms with Crippen LogP contribution in [0.2, 0.25) is 5.02 Å². The summed E-state index contributed by atoms with van der Waals surface area (Å²) < 4.78 is 14.6. The quantitative estimate of drug-likeness (QED) is 0.131. The average molecular weight is 502 g/mol. The number of anilines is 1. The van der Waals surface area contributed by atoms with Crippen molar-refractivity contribution in [3.8, 4) is 0 Å². The van der Waals surface area contributed by atoms with E-state index in [1.54, 1.807) is 54.6 Å². The minimum absolute atomic E-state index is 0.0136. The normalized spacial score (nSPS) is 11.3. The molecule has 11 heteroatoms. The van der Waals surface area contributed by atoms with Crippen LogP contribution in [0.25, 0.3) is 0 Å². The van der Waals surface area contributed by atoms with Crippen LogP contribution < -0.4 is 5.32 Å². The van der Waals surface area contributed by atoms with Crippen LogP contribution in [0.5, 0.6) is 0 Å². The Morgan fingerprint density at radius 1 is 0.971 bits per heavy atom. The molecule has 2 aromatic rings. The topological polar surface area (TPSA) is 136 Å². The van der Waals surface area contributed by atoms with Crippen molar-refractivity contribution in [2.24, 2.45) is 10.2 Å². The predicted molar refractivity (Wildman–Crippen MR) is 128 cm³/mol. The Bertz CT molecular complexity index is 1090. The predicted octanol–water partition coefficient (Wildman–Crippen LogP) is 4.86. The van der Waals surface area contributed by atoms with Gasteiger partial charge >= 0.3 is 11.9 Å². The van der Waals surface area contributed by atoms with Crippen LogP contribution in [0.15, 0.2) is 89.1 Å². The highest BCUT2D eigenvalue weighted by Crippen LogP contribution is 2.25. The summed E-state index contributed by atoms with van der Waals surface area (Å²) in [6.07, 6.45) is 0.694. The van der Waals surface area contributed by atoms with E-state index in [0.29, 0.717) is 5.69 Å². The number of halogens is 1. The lowest BCUT2D eigenvalue weighted by molar-refractivity contribution is -0.150. The number of carbonyl (C=O) groups excluding carboxylic acids is 3. The van der Waals surface area contributed by atoms with E-state index in [-0.39, 0.29) is 36.8 Å². The maximum absolute atomic E-state index is 12.7. The second-order valence-electron chi connectivity index (χ2n) is 6.69. The molecule has 35 heavy (non-hydrogen) atoms. The largest absolute Gasteiger partial charge is 0.506 e. The first-order chi connectivity index (χ1) is 16.9. The molecule has 2 rings (SSSR count). The molecular weight excluding hydrogens is 478 g/mol. The van der Waals surface area contributed by atoms with Crippen molar-refractivity contribution in [1.29, 1.82) is 0 Å². The molecule has 0 bridgehead atoms. The number of aliphatic hydroxyl groups is 1. The van der Waals surface area contributed by atoms with E-state index in [0.717, 1.165) is 0 Å². The van der Waals surface area contributed by atoms with Crippen molar-refractivity contribution in [2.75, 3.05) is 25.1 Å². The van der Waals surface area contributed by atoms with Crippen molar-refractivity contribution >= 4 is 40.8 Å². The molecule has 0 fully saturated rings. The van der Waals surface area contributed by atoms with Gasteiger partial charge in [0.1, 0.15) is 18.9 Å². The first kappa shape index (κ1) is 27.1. The number of rotatable bonds is 13. The number of aliphatic hydroxyl groups excluding tert-OH is 1. The lowest BCUT2D eigenvalue weighted by atomic mass is 10.3. The Morgan fingerprint density at radius 3 is 2.31 bits per heavy atom. The van der Waals surface area contributed by atoms with Gasteiger partial charge in [-0.3, -0.25) is 14.4 Å². The molecule has 184 valence electrons. The third-order valence-corrected chi connectivity index (χ3v) is 4.44. The van der Waals surface area contributed by atoms with Crippen molar-refractivity contribution in [3.63, 3.8) is 0 Å². The molecule has 0 atom stereocenters. The van der Waals surface area contributed by atoms with Crippen molar-refractivity contribution in [2.45, 2.75) is 12.8 Å². The maximum Gasteiger partial charge on any atom is 0.306 e. The van der Waals surface area contributed by atoms with Gasteiger partial charge in [-0.15, -0.1) is 10.2 Å². The number of amides is 1. The SMILES string of the molecule is C=COCCOC(=O)CCC(=O)OC/C(O)=C(\N=Nc1ccccc1Cl)C(=O)Nc1ccccc1. The Labute approximate surface area is 206 Å². The summed E-state index contributed by atoms with van der Waals surface area (Å²) in [4.78, 5) is 36.3. The fourth-order valence-electron chi connectivity index (χ4n) is 2.44. The molecule has 10 nitrogen and oxygen atoms in total. The molecule has 0 saturated heterocycles. The van der Waals surface area contributed by atoms with Gasteiger partial charge in [0.2, 0.25) is 0 Å².